The third-order valence-corrected chi connectivity index (χ3v) is 6.19. The molecule has 0 atom stereocenters. The zero-order valence-corrected chi connectivity index (χ0v) is 23.8. The van der Waals surface area contributed by atoms with Gasteiger partial charge in [0.2, 0.25) is 0 Å². The molecule has 0 fully saturated rings. The summed E-state index contributed by atoms with van der Waals surface area (Å²) < 4.78 is 6.07. The van der Waals surface area contributed by atoms with Gasteiger partial charge < -0.3 is 14.4 Å². The van der Waals surface area contributed by atoms with Gasteiger partial charge in [0.1, 0.15) is 5.58 Å². The van der Waals surface area contributed by atoms with Crippen LogP contribution >= 0.6 is 0 Å². The molecule has 0 unspecified atom stereocenters. The third kappa shape index (κ3) is 5.88. The molecule has 6 rings (SSSR count). The van der Waals surface area contributed by atoms with Gasteiger partial charge in [-0.25, -0.2) is 0 Å². The maximum atomic E-state index is 6.07. The van der Waals surface area contributed by atoms with Gasteiger partial charge in [-0.05, 0) is 42.4 Å². The summed E-state index contributed by atoms with van der Waals surface area (Å²) in [6, 6.07) is 32.9. The molecule has 3 aromatic heterocycles. The number of benzene rings is 3. The fourth-order valence-electron chi connectivity index (χ4n) is 4.24. The predicted molar refractivity (Wildman–Crippen MR) is 148 cm³/mol. The Morgan fingerprint density at radius 2 is 1.46 bits per heavy atom. The summed E-state index contributed by atoms with van der Waals surface area (Å²) in [5.41, 5.74) is 9.39. The van der Waals surface area contributed by atoms with Crippen LogP contribution < -0.4 is 0 Å². The number of fused-ring (bicyclic) bond motifs is 3. The first-order chi connectivity index (χ1) is 17.5. The van der Waals surface area contributed by atoms with Gasteiger partial charge in [0.05, 0.1) is 5.58 Å². The second kappa shape index (κ2) is 11.6. The molecule has 37 heavy (non-hydrogen) atoms. The molecule has 0 spiro atoms. The van der Waals surface area contributed by atoms with Crippen molar-refractivity contribution >= 4 is 21.9 Å². The molecule has 0 aliphatic rings. The van der Waals surface area contributed by atoms with Crippen molar-refractivity contribution in [3.63, 3.8) is 0 Å². The van der Waals surface area contributed by atoms with E-state index in [1.54, 1.807) is 0 Å². The molecule has 4 heteroatoms. The molecule has 0 saturated heterocycles. The van der Waals surface area contributed by atoms with Crippen molar-refractivity contribution in [2.45, 2.75) is 33.6 Å². The van der Waals surface area contributed by atoms with Crippen LogP contribution in [0.3, 0.4) is 0 Å². The van der Waals surface area contributed by atoms with Crippen molar-refractivity contribution in [3.05, 3.63) is 120 Å². The van der Waals surface area contributed by atoms with E-state index in [0.717, 1.165) is 44.5 Å². The average Bonchev–Trinajstić information content (AvgIpc) is 3.28. The standard InChI is InChI=1S/C20H16NO.C13H12N.Ir/c1-13(2)14-10-11-21-18(12-14)17-8-5-7-16-15-6-3-4-9-19(15)22-20(16)17;1-10-4-3-5-12(8-10)13-9-11(2)6-7-14-13;/h3-7,9-13H,1-2H3;3-4,6-9H,1-2H3;/q2*-1;. The van der Waals surface area contributed by atoms with Crippen LogP contribution in [-0.2, 0) is 20.1 Å². The van der Waals surface area contributed by atoms with E-state index in [9.17, 15) is 0 Å². The maximum Gasteiger partial charge on any atom is 0.120 e. The number of pyridine rings is 2. The summed E-state index contributed by atoms with van der Waals surface area (Å²) in [5, 5.41) is 2.24. The van der Waals surface area contributed by atoms with E-state index in [1.807, 2.05) is 54.9 Å². The Bertz CT molecular complexity index is 1610. The average molecular weight is 661 g/mol. The Morgan fingerprint density at radius 1 is 0.730 bits per heavy atom. The van der Waals surface area contributed by atoms with Gasteiger partial charge in [-0.3, -0.25) is 0 Å². The van der Waals surface area contributed by atoms with Crippen molar-refractivity contribution in [1.29, 1.82) is 0 Å². The normalized spacial score (nSPS) is 10.7. The monoisotopic (exact) mass is 661 g/mol. The Morgan fingerprint density at radius 3 is 2.24 bits per heavy atom. The quantitative estimate of drug-likeness (QED) is 0.178. The van der Waals surface area contributed by atoms with E-state index in [-0.39, 0.29) is 20.1 Å². The summed E-state index contributed by atoms with van der Waals surface area (Å²) in [6.07, 6.45) is 3.70. The van der Waals surface area contributed by atoms with E-state index in [4.69, 9.17) is 4.42 Å². The zero-order valence-electron chi connectivity index (χ0n) is 21.4. The van der Waals surface area contributed by atoms with Gasteiger partial charge in [-0.1, -0.05) is 73.2 Å². The summed E-state index contributed by atoms with van der Waals surface area (Å²) in [5.74, 6) is 0.469. The van der Waals surface area contributed by atoms with Gasteiger partial charge in [0.15, 0.2) is 0 Å². The van der Waals surface area contributed by atoms with Crippen molar-refractivity contribution in [2.24, 2.45) is 0 Å². The van der Waals surface area contributed by atoms with Crippen molar-refractivity contribution in [1.82, 2.24) is 9.97 Å². The molecule has 3 nitrogen and oxygen atoms in total. The van der Waals surface area contributed by atoms with Crippen LogP contribution in [0.4, 0.5) is 0 Å². The molecule has 0 bridgehead atoms. The van der Waals surface area contributed by atoms with Crippen LogP contribution in [0.1, 0.15) is 36.5 Å². The van der Waals surface area contributed by atoms with Gasteiger partial charge in [0, 0.05) is 37.9 Å². The number of para-hydroxylation sites is 1. The van der Waals surface area contributed by atoms with Gasteiger partial charge in [-0.2, -0.15) is 0 Å². The Labute approximate surface area is 232 Å². The summed E-state index contributed by atoms with van der Waals surface area (Å²) >= 11 is 0. The molecule has 3 aromatic carbocycles. The number of aromatic nitrogens is 2. The third-order valence-electron chi connectivity index (χ3n) is 6.19. The number of furan rings is 1. The van der Waals surface area contributed by atoms with Crippen LogP contribution in [0.25, 0.3) is 44.5 Å². The number of aryl methyl sites for hydroxylation is 2. The number of nitrogens with zero attached hydrogens (tertiary/aromatic N) is 2. The molecule has 187 valence electrons. The first-order valence-electron chi connectivity index (χ1n) is 12.2. The van der Waals surface area contributed by atoms with Crippen LogP contribution in [-0.4, -0.2) is 9.97 Å². The summed E-state index contributed by atoms with van der Waals surface area (Å²) in [4.78, 5) is 8.84. The smallest absolute Gasteiger partial charge is 0.120 e. The minimum absolute atomic E-state index is 0. The van der Waals surface area contributed by atoms with E-state index in [1.165, 1.54) is 16.7 Å². The van der Waals surface area contributed by atoms with Crippen LogP contribution in [0.2, 0.25) is 0 Å². The second-order valence-corrected chi connectivity index (χ2v) is 9.32. The minimum atomic E-state index is 0. The van der Waals surface area contributed by atoms with Gasteiger partial charge >= 0.3 is 0 Å². The largest absolute Gasteiger partial charge is 0.501 e. The molecule has 1 radical (unpaired) electrons. The van der Waals surface area contributed by atoms with Crippen LogP contribution in [0.5, 0.6) is 0 Å². The molecule has 6 aromatic rings. The molecule has 0 aliphatic carbocycles. The number of hydrogen-bond donors (Lipinski definition) is 0. The fourth-order valence-corrected chi connectivity index (χ4v) is 4.24. The molecule has 0 amide bonds. The van der Waals surface area contributed by atoms with E-state index in [0.29, 0.717) is 5.92 Å². The van der Waals surface area contributed by atoms with Crippen LogP contribution in [0.15, 0.2) is 95.7 Å². The second-order valence-electron chi connectivity index (χ2n) is 9.32. The van der Waals surface area contributed by atoms with Crippen molar-refractivity contribution in [3.8, 4) is 22.5 Å². The summed E-state index contributed by atoms with van der Waals surface area (Å²) in [7, 11) is 0. The molecule has 3 heterocycles. The molecule has 0 N–H and O–H groups in total. The first-order valence-corrected chi connectivity index (χ1v) is 12.2. The molecule has 0 saturated carbocycles. The van der Waals surface area contributed by atoms with Gasteiger partial charge in [-0.15, -0.1) is 53.6 Å². The fraction of sp³-hybridized carbons (Fsp3) is 0.152. The Balaban J connectivity index is 0.000000186. The number of rotatable bonds is 3. The zero-order chi connectivity index (χ0) is 25.1. The number of hydrogen-bond acceptors (Lipinski definition) is 3. The predicted octanol–water partition coefficient (Wildman–Crippen LogP) is 8.73. The Hall–Kier alpha value is -3.59. The van der Waals surface area contributed by atoms with Crippen LogP contribution in [0, 0.1) is 26.0 Å². The van der Waals surface area contributed by atoms with E-state index < -0.39 is 0 Å². The Kier molecular flexibility index (Phi) is 8.33. The molecule has 0 aliphatic heterocycles. The summed E-state index contributed by atoms with van der Waals surface area (Å²) in [6.45, 7) is 8.52. The maximum absolute atomic E-state index is 6.07. The minimum Gasteiger partial charge on any atom is -0.501 e. The van der Waals surface area contributed by atoms with Gasteiger partial charge in [0.25, 0.3) is 0 Å². The van der Waals surface area contributed by atoms with Crippen molar-refractivity contribution < 1.29 is 24.5 Å². The van der Waals surface area contributed by atoms with E-state index in [2.05, 4.69) is 86.2 Å². The molecular weight excluding hydrogens is 633 g/mol. The van der Waals surface area contributed by atoms with E-state index >= 15 is 0 Å². The van der Waals surface area contributed by atoms with Crippen molar-refractivity contribution in [2.75, 3.05) is 0 Å². The first kappa shape index (κ1) is 26.5. The topological polar surface area (TPSA) is 38.9 Å². The molecular formula is C33H28IrN2O-2. The SMILES string of the molecule is CC(C)c1ccnc(-c2[c-]ccc3c2oc2ccccc23)c1.Cc1cc[c-]c(-c2cc(C)ccn2)c1.[Ir].